The summed E-state index contributed by atoms with van der Waals surface area (Å²) in [6.07, 6.45) is 2.44. The molecule has 1 amide bonds. The van der Waals surface area contributed by atoms with Crippen molar-refractivity contribution < 1.29 is 17.6 Å². The van der Waals surface area contributed by atoms with Crippen molar-refractivity contribution in [2.75, 3.05) is 18.4 Å². The molecule has 8 nitrogen and oxygen atoms in total. The summed E-state index contributed by atoms with van der Waals surface area (Å²) in [6, 6.07) is 10.7. The van der Waals surface area contributed by atoms with E-state index < -0.39 is 15.6 Å². The number of amides is 1. The molecule has 10 heteroatoms. The molecule has 0 radical (unpaired) electrons. The number of halogens is 1. The molecule has 156 valence electrons. The first-order valence-corrected chi connectivity index (χ1v) is 11.5. The predicted octanol–water partition coefficient (Wildman–Crippen LogP) is 2.99. The molecule has 30 heavy (non-hydrogen) atoms. The number of anilines is 1. The van der Waals surface area contributed by atoms with Crippen molar-refractivity contribution in [1.29, 1.82) is 0 Å². The van der Waals surface area contributed by atoms with Crippen molar-refractivity contribution in [3.05, 3.63) is 63.6 Å². The van der Waals surface area contributed by atoms with Crippen LogP contribution in [0.15, 0.2) is 67.2 Å². The molecule has 0 aliphatic carbocycles. The van der Waals surface area contributed by atoms with Crippen LogP contribution in [0.3, 0.4) is 0 Å². The number of hydrogen-bond acceptors (Lipinski definition) is 6. The molecular weight excluding hydrogens is 474 g/mol. The molecule has 0 bridgehead atoms. The third-order valence-corrected chi connectivity index (χ3v) is 7.40. The van der Waals surface area contributed by atoms with Crippen LogP contribution in [0.25, 0.3) is 11.0 Å². The first kappa shape index (κ1) is 20.7. The molecule has 3 heterocycles. The van der Waals surface area contributed by atoms with Gasteiger partial charge in [-0.25, -0.2) is 18.2 Å². The Bertz CT molecular complexity index is 1250. The van der Waals surface area contributed by atoms with Gasteiger partial charge in [-0.15, -0.1) is 0 Å². The Balaban J connectivity index is 1.43. The highest BCUT2D eigenvalue weighted by molar-refractivity contribution is 9.10. The van der Waals surface area contributed by atoms with Crippen LogP contribution in [0, 0.1) is 5.92 Å². The molecule has 1 saturated heterocycles. The van der Waals surface area contributed by atoms with Crippen molar-refractivity contribution >= 4 is 48.6 Å². The highest BCUT2D eigenvalue weighted by Crippen LogP contribution is 2.26. The Hall–Kier alpha value is -2.56. The van der Waals surface area contributed by atoms with Crippen LogP contribution >= 0.6 is 15.9 Å². The summed E-state index contributed by atoms with van der Waals surface area (Å²) in [4.78, 5) is 28.0. The summed E-state index contributed by atoms with van der Waals surface area (Å²) in [5, 5.41) is 3.31. The van der Waals surface area contributed by atoms with Gasteiger partial charge in [0.1, 0.15) is 11.4 Å². The molecule has 0 atom stereocenters. The van der Waals surface area contributed by atoms with Crippen LogP contribution in [0.4, 0.5) is 5.82 Å². The van der Waals surface area contributed by atoms with Crippen LogP contribution in [0.1, 0.15) is 12.8 Å². The smallest absolute Gasteiger partial charge is 0.336 e. The van der Waals surface area contributed by atoms with Gasteiger partial charge >= 0.3 is 5.63 Å². The molecule has 0 spiro atoms. The van der Waals surface area contributed by atoms with Gasteiger partial charge in [0, 0.05) is 41.1 Å². The largest absolute Gasteiger partial charge is 0.423 e. The molecule has 1 aliphatic rings. The normalized spacial score (nSPS) is 15.9. The lowest BCUT2D eigenvalue weighted by atomic mass is 9.97. The lowest BCUT2D eigenvalue weighted by Crippen LogP contribution is -2.41. The summed E-state index contributed by atoms with van der Waals surface area (Å²) >= 11 is 3.29. The number of fused-ring (bicyclic) bond motifs is 1. The van der Waals surface area contributed by atoms with E-state index in [0.29, 0.717) is 29.6 Å². The lowest BCUT2D eigenvalue weighted by molar-refractivity contribution is -0.120. The minimum Gasteiger partial charge on any atom is -0.423 e. The third-order valence-electron chi connectivity index (χ3n) is 5.03. The van der Waals surface area contributed by atoms with Crippen molar-refractivity contribution in [2.45, 2.75) is 17.7 Å². The van der Waals surface area contributed by atoms with Crippen LogP contribution in [-0.4, -0.2) is 36.7 Å². The summed E-state index contributed by atoms with van der Waals surface area (Å²) in [6.45, 7) is 0.492. The Labute approximate surface area is 181 Å². The van der Waals surface area contributed by atoms with Gasteiger partial charge in [-0.2, -0.15) is 4.31 Å². The number of carbonyl (C=O) groups excluding carboxylic acids is 1. The zero-order valence-electron chi connectivity index (χ0n) is 15.7. The summed E-state index contributed by atoms with van der Waals surface area (Å²) < 4.78 is 33.3. The predicted molar refractivity (Wildman–Crippen MR) is 115 cm³/mol. The number of pyridine rings is 1. The van der Waals surface area contributed by atoms with Crippen LogP contribution in [-0.2, 0) is 14.8 Å². The number of sulfonamides is 1. The van der Waals surface area contributed by atoms with E-state index in [4.69, 9.17) is 4.42 Å². The first-order valence-electron chi connectivity index (χ1n) is 9.29. The molecule has 3 aromatic rings. The van der Waals surface area contributed by atoms with Gasteiger partial charge in [0.2, 0.25) is 15.9 Å². The zero-order chi connectivity index (χ0) is 21.3. The van der Waals surface area contributed by atoms with Gasteiger partial charge in [-0.3, -0.25) is 4.79 Å². The quantitative estimate of drug-likeness (QED) is 0.561. The van der Waals surface area contributed by atoms with E-state index in [-0.39, 0.29) is 29.8 Å². The molecule has 1 fully saturated rings. The molecular formula is C20H18BrN3O5S. The second-order valence-corrected chi connectivity index (χ2v) is 9.84. The van der Waals surface area contributed by atoms with Gasteiger partial charge in [0.25, 0.3) is 0 Å². The van der Waals surface area contributed by atoms with E-state index in [1.807, 2.05) is 0 Å². The number of nitrogens with one attached hydrogen (secondary N) is 1. The number of rotatable bonds is 4. The molecule has 0 unspecified atom stereocenters. The van der Waals surface area contributed by atoms with Gasteiger partial charge < -0.3 is 9.73 Å². The average Bonchev–Trinajstić information content (AvgIpc) is 2.75. The maximum absolute atomic E-state index is 13.0. The fraction of sp³-hybridized carbons (Fsp3) is 0.250. The SMILES string of the molecule is O=C(Nc1ccc(Br)cn1)C1CCN(S(=O)(=O)c2ccc3oc(=O)ccc3c2)CC1. The van der Waals surface area contributed by atoms with Crippen LogP contribution in [0.5, 0.6) is 0 Å². The summed E-state index contributed by atoms with van der Waals surface area (Å²) in [5.41, 5.74) is -0.157. The molecule has 2 aromatic heterocycles. The number of benzene rings is 1. The van der Waals surface area contributed by atoms with E-state index in [0.717, 1.165) is 4.47 Å². The van der Waals surface area contributed by atoms with E-state index in [2.05, 4.69) is 26.2 Å². The van der Waals surface area contributed by atoms with E-state index in [1.54, 1.807) is 18.3 Å². The van der Waals surface area contributed by atoms with Crippen molar-refractivity contribution in [1.82, 2.24) is 9.29 Å². The fourth-order valence-corrected chi connectivity index (χ4v) is 5.14. The van der Waals surface area contributed by atoms with Gasteiger partial charge in [0.05, 0.1) is 4.90 Å². The summed E-state index contributed by atoms with van der Waals surface area (Å²) in [7, 11) is -3.71. The monoisotopic (exact) mass is 491 g/mol. The number of aromatic nitrogens is 1. The molecule has 1 N–H and O–H groups in total. The lowest BCUT2D eigenvalue weighted by Gasteiger charge is -2.30. The molecule has 1 aliphatic heterocycles. The third kappa shape index (κ3) is 4.30. The number of nitrogens with zero attached hydrogens (tertiary/aromatic N) is 2. The first-order chi connectivity index (χ1) is 14.3. The highest BCUT2D eigenvalue weighted by atomic mass is 79.9. The number of piperidine rings is 1. The fourth-order valence-electron chi connectivity index (χ4n) is 3.40. The Morgan fingerprint density at radius 2 is 1.90 bits per heavy atom. The standard InChI is InChI=1S/C20H18BrN3O5S/c21-15-2-5-18(22-12-15)23-20(26)13-7-9-24(10-8-13)30(27,28)16-3-4-17-14(11-16)1-6-19(25)29-17/h1-6,11-13H,7-10H2,(H,22,23,26). The van der Waals surface area contributed by atoms with Gasteiger partial charge in [-0.1, -0.05) is 0 Å². The van der Waals surface area contributed by atoms with Crippen molar-refractivity contribution in [2.24, 2.45) is 5.92 Å². The molecule has 4 rings (SSSR count). The minimum absolute atomic E-state index is 0.130. The van der Waals surface area contributed by atoms with Crippen molar-refractivity contribution in [3.63, 3.8) is 0 Å². The topological polar surface area (TPSA) is 110 Å². The second kappa shape index (κ2) is 8.29. The van der Waals surface area contributed by atoms with Gasteiger partial charge in [0.15, 0.2) is 0 Å². The van der Waals surface area contributed by atoms with E-state index in [1.165, 1.54) is 34.6 Å². The Kier molecular flexibility index (Phi) is 5.72. The van der Waals surface area contributed by atoms with Crippen molar-refractivity contribution in [3.8, 4) is 0 Å². The minimum atomic E-state index is -3.71. The molecule has 0 saturated carbocycles. The average molecular weight is 492 g/mol. The summed E-state index contributed by atoms with van der Waals surface area (Å²) in [5.74, 6) is 0.0106. The maximum atomic E-state index is 13.0. The molecule has 1 aromatic carbocycles. The van der Waals surface area contributed by atoms with E-state index >= 15 is 0 Å². The van der Waals surface area contributed by atoms with Gasteiger partial charge in [-0.05, 0) is 65.2 Å². The highest BCUT2D eigenvalue weighted by Gasteiger charge is 2.32. The van der Waals surface area contributed by atoms with Crippen LogP contribution < -0.4 is 10.9 Å². The van der Waals surface area contributed by atoms with Crippen LogP contribution in [0.2, 0.25) is 0 Å². The maximum Gasteiger partial charge on any atom is 0.336 e. The van der Waals surface area contributed by atoms with E-state index in [9.17, 15) is 18.0 Å². The zero-order valence-corrected chi connectivity index (χ0v) is 18.1. The Morgan fingerprint density at radius 1 is 1.13 bits per heavy atom. The second-order valence-electron chi connectivity index (χ2n) is 6.98. The number of carbonyl (C=O) groups is 1. The number of hydrogen-bond donors (Lipinski definition) is 1. The Morgan fingerprint density at radius 3 is 2.60 bits per heavy atom.